The largest absolute Gasteiger partial charge is 0.477 e. The highest BCUT2D eigenvalue weighted by atomic mass is 16.6. The molecule has 0 bridgehead atoms. The molecule has 6 heteroatoms. The number of nitrogens with two attached hydrogens (primary N) is 1. The summed E-state index contributed by atoms with van der Waals surface area (Å²) in [6.07, 6.45) is 0. The van der Waals surface area contributed by atoms with Crippen LogP contribution < -0.4 is 5.73 Å². The molecule has 0 aliphatic rings. The highest BCUT2D eigenvalue weighted by Gasteiger charge is 2.19. The standard InChI is InChI=1S/C8H8N2O4/c9-4-5-1-2-6(8(11)12)7(3-5)10(13)14/h1-3H,4,9H2,(H,11,12). The second kappa shape index (κ2) is 3.84. The van der Waals surface area contributed by atoms with E-state index in [0.717, 1.165) is 0 Å². The molecule has 0 radical (unpaired) electrons. The number of nitrogens with zero attached hydrogens (tertiary/aromatic N) is 1. The fourth-order valence-corrected chi connectivity index (χ4v) is 1.04. The van der Waals surface area contributed by atoms with E-state index in [4.69, 9.17) is 10.8 Å². The van der Waals surface area contributed by atoms with Gasteiger partial charge in [0.15, 0.2) is 0 Å². The van der Waals surface area contributed by atoms with Crippen LogP contribution in [0.1, 0.15) is 15.9 Å². The molecule has 0 spiro atoms. The Bertz CT molecular complexity index is 389. The molecule has 1 aromatic carbocycles. The molecule has 0 aliphatic carbocycles. The molecule has 0 aliphatic heterocycles. The number of carboxylic acid groups (broad SMARTS) is 1. The highest BCUT2D eigenvalue weighted by Crippen LogP contribution is 2.19. The van der Waals surface area contributed by atoms with Gasteiger partial charge in [-0.1, -0.05) is 6.07 Å². The Kier molecular flexibility index (Phi) is 2.78. The first-order valence-electron chi connectivity index (χ1n) is 3.77. The quantitative estimate of drug-likeness (QED) is 0.548. The second-order valence-corrected chi connectivity index (χ2v) is 2.62. The highest BCUT2D eigenvalue weighted by molar-refractivity contribution is 5.92. The lowest BCUT2D eigenvalue weighted by atomic mass is 10.1. The first-order valence-corrected chi connectivity index (χ1v) is 3.77. The van der Waals surface area contributed by atoms with Gasteiger partial charge in [-0.3, -0.25) is 10.1 Å². The summed E-state index contributed by atoms with van der Waals surface area (Å²) in [6, 6.07) is 3.81. The van der Waals surface area contributed by atoms with Crippen molar-refractivity contribution in [2.24, 2.45) is 5.73 Å². The maximum atomic E-state index is 10.6. The molecule has 0 atom stereocenters. The van der Waals surface area contributed by atoms with Crippen molar-refractivity contribution in [1.82, 2.24) is 0 Å². The van der Waals surface area contributed by atoms with Gasteiger partial charge in [0.25, 0.3) is 5.69 Å². The van der Waals surface area contributed by atoms with Crippen LogP contribution in [0.3, 0.4) is 0 Å². The molecular weight excluding hydrogens is 188 g/mol. The van der Waals surface area contributed by atoms with Gasteiger partial charge in [0.05, 0.1) is 4.92 Å². The van der Waals surface area contributed by atoms with Crippen molar-refractivity contribution in [1.29, 1.82) is 0 Å². The molecule has 0 saturated heterocycles. The SMILES string of the molecule is NCc1ccc(C(=O)O)c([N+](=O)[O-])c1. The van der Waals surface area contributed by atoms with Crippen molar-refractivity contribution in [3.05, 3.63) is 39.4 Å². The zero-order valence-electron chi connectivity index (χ0n) is 7.14. The first kappa shape index (κ1) is 10.1. The molecular formula is C8H8N2O4. The number of benzene rings is 1. The van der Waals surface area contributed by atoms with Crippen LogP contribution in [0.25, 0.3) is 0 Å². The van der Waals surface area contributed by atoms with Crippen molar-refractivity contribution in [2.45, 2.75) is 6.54 Å². The van der Waals surface area contributed by atoms with E-state index in [2.05, 4.69) is 0 Å². The maximum absolute atomic E-state index is 10.6. The fourth-order valence-electron chi connectivity index (χ4n) is 1.04. The van der Waals surface area contributed by atoms with E-state index in [1.807, 2.05) is 0 Å². The van der Waals surface area contributed by atoms with E-state index in [9.17, 15) is 14.9 Å². The second-order valence-electron chi connectivity index (χ2n) is 2.62. The monoisotopic (exact) mass is 196 g/mol. The van der Waals surface area contributed by atoms with E-state index < -0.39 is 16.6 Å². The molecule has 0 saturated carbocycles. The van der Waals surface area contributed by atoms with Crippen LogP contribution in [0.5, 0.6) is 0 Å². The summed E-state index contributed by atoms with van der Waals surface area (Å²) < 4.78 is 0. The van der Waals surface area contributed by atoms with Crippen LogP contribution >= 0.6 is 0 Å². The van der Waals surface area contributed by atoms with E-state index >= 15 is 0 Å². The van der Waals surface area contributed by atoms with Crippen molar-refractivity contribution < 1.29 is 14.8 Å². The maximum Gasteiger partial charge on any atom is 0.342 e. The smallest absolute Gasteiger partial charge is 0.342 e. The number of hydrogen-bond acceptors (Lipinski definition) is 4. The molecule has 74 valence electrons. The molecule has 3 N–H and O–H groups in total. The van der Waals surface area contributed by atoms with E-state index in [1.54, 1.807) is 0 Å². The average molecular weight is 196 g/mol. The third kappa shape index (κ3) is 1.86. The van der Waals surface area contributed by atoms with Crippen LogP contribution in [0.4, 0.5) is 5.69 Å². The Morgan fingerprint density at radius 1 is 1.57 bits per heavy atom. The molecule has 1 rings (SSSR count). The van der Waals surface area contributed by atoms with E-state index in [1.165, 1.54) is 18.2 Å². The predicted octanol–water partition coefficient (Wildman–Crippen LogP) is 0.752. The summed E-state index contributed by atoms with van der Waals surface area (Å²) in [4.78, 5) is 20.4. The number of hydrogen-bond donors (Lipinski definition) is 2. The average Bonchev–Trinajstić information content (AvgIpc) is 2.16. The Morgan fingerprint density at radius 2 is 2.21 bits per heavy atom. The topological polar surface area (TPSA) is 106 Å². The van der Waals surface area contributed by atoms with Gasteiger partial charge < -0.3 is 10.8 Å². The predicted molar refractivity (Wildman–Crippen MR) is 47.9 cm³/mol. The van der Waals surface area contributed by atoms with Gasteiger partial charge in [-0.05, 0) is 11.6 Å². The van der Waals surface area contributed by atoms with Crippen molar-refractivity contribution in [2.75, 3.05) is 0 Å². The molecule has 6 nitrogen and oxygen atoms in total. The molecule has 0 heterocycles. The lowest BCUT2D eigenvalue weighted by Gasteiger charge is -2.00. The Hall–Kier alpha value is -1.95. The number of aromatic carboxylic acids is 1. The minimum absolute atomic E-state index is 0.140. The van der Waals surface area contributed by atoms with E-state index in [-0.39, 0.29) is 12.1 Å². The molecule has 0 aromatic heterocycles. The molecule has 1 aromatic rings. The Morgan fingerprint density at radius 3 is 2.64 bits per heavy atom. The number of carbonyl (C=O) groups is 1. The zero-order valence-corrected chi connectivity index (χ0v) is 7.14. The zero-order chi connectivity index (χ0) is 10.7. The van der Waals surface area contributed by atoms with Gasteiger partial charge in [-0.2, -0.15) is 0 Å². The van der Waals surface area contributed by atoms with Crippen molar-refractivity contribution in [3.8, 4) is 0 Å². The summed E-state index contributed by atoms with van der Waals surface area (Å²) in [7, 11) is 0. The van der Waals surface area contributed by atoms with E-state index in [0.29, 0.717) is 5.56 Å². The van der Waals surface area contributed by atoms with Crippen LogP contribution in [0, 0.1) is 10.1 Å². The first-order chi connectivity index (χ1) is 6.56. The summed E-state index contributed by atoms with van der Waals surface area (Å²) in [5, 5.41) is 19.1. The Labute approximate surface area is 79.1 Å². The minimum Gasteiger partial charge on any atom is -0.477 e. The lowest BCUT2D eigenvalue weighted by molar-refractivity contribution is -0.385. The third-order valence-corrected chi connectivity index (χ3v) is 1.72. The van der Waals surface area contributed by atoms with Gasteiger partial charge in [-0.15, -0.1) is 0 Å². The lowest BCUT2D eigenvalue weighted by Crippen LogP contribution is -2.05. The van der Waals surface area contributed by atoms with Crippen LogP contribution in [-0.4, -0.2) is 16.0 Å². The minimum atomic E-state index is -1.32. The summed E-state index contributed by atoms with van der Waals surface area (Å²) in [6.45, 7) is 0.140. The number of nitro groups is 1. The Balaban J connectivity index is 3.31. The van der Waals surface area contributed by atoms with Gasteiger partial charge in [0.2, 0.25) is 0 Å². The summed E-state index contributed by atoms with van der Waals surface area (Å²) in [5.74, 6) is -1.32. The molecule has 0 fully saturated rings. The summed E-state index contributed by atoms with van der Waals surface area (Å²) >= 11 is 0. The number of carboxylic acids is 1. The number of rotatable bonds is 3. The normalized spacial score (nSPS) is 9.79. The van der Waals surface area contributed by atoms with Crippen molar-refractivity contribution >= 4 is 11.7 Å². The van der Waals surface area contributed by atoms with Gasteiger partial charge >= 0.3 is 5.97 Å². The fraction of sp³-hybridized carbons (Fsp3) is 0.125. The van der Waals surface area contributed by atoms with Crippen LogP contribution in [0.15, 0.2) is 18.2 Å². The molecule has 0 unspecified atom stereocenters. The molecule has 14 heavy (non-hydrogen) atoms. The molecule has 0 amide bonds. The van der Waals surface area contributed by atoms with Gasteiger partial charge in [-0.25, -0.2) is 4.79 Å². The number of nitro benzene ring substituents is 1. The van der Waals surface area contributed by atoms with Gasteiger partial charge in [0, 0.05) is 12.6 Å². The van der Waals surface area contributed by atoms with Crippen LogP contribution in [0.2, 0.25) is 0 Å². The van der Waals surface area contributed by atoms with Crippen molar-refractivity contribution in [3.63, 3.8) is 0 Å². The van der Waals surface area contributed by atoms with Crippen LogP contribution in [-0.2, 0) is 6.54 Å². The van der Waals surface area contributed by atoms with Gasteiger partial charge in [0.1, 0.15) is 5.56 Å². The summed E-state index contributed by atoms with van der Waals surface area (Å²) in [5.41, 5.74) is 5.05. The third-order valence-electron chi connectivity index (χ3n) is 1.72.